The summed E-state index contributed by atoms with van der Waals surface area (Å²) in [5.74, 6) is 0.480. The summed E-state index contributed by atoms with van der Waals surface area (Å²) in [5, 5.41) is 7.24. The van der Waals surface area contributed by atoms with Crippen LogP contribution in [0, 0.1) is 13.8 Å². The Balaban J connectivity index is 1.63. The minimum atomic E-state index is -0.525. The average molecular weight is 392 g/mol. The maximum atomic E-state index is 12.3. The number of nitrogens with zero attached hydrogens (tertiary/aromatic N) is 3. The summed E-state index contributed by atoms with van der Waals surface area (Å²) in [4.78, 5) is 31.7. The van der Waals surface area contributed by atoms with E-state index in [1.165, 1.54) is 11.3 Å². The van der Waals surface area contributed by atoms with Crippen molar-refractivity contribution >= 4 is 28.5 Å². The number of thiazole rings is 1. The third kappa shape index (κ3) is 4.65. The van der Waals surface area contributed by atoms with Crippen LogP contribution in [-0.4, -0.2) is 39.2 Å². The van der Waals surface area contributed by atoms with E-state index >= 15 is 0 Å². The van der Waals surface area contributed by atoms with Gasteiger partial charge in [-0.05, 0) is 34.6 Å². The topological polar surface area (TPSA) is 97.6 Å². The SMILES string of the molecule is Cc1noc(C)c1CC(=O)Nc1nc2c(s1)CN(C(=O)OC(C)(C)C)CC2. The van der Waals surface area contributed by atoms with E-state index in [-0.39, 0.29) is 18.4 Å². The van der Waals surface area contributed by atoms with Crippen LogP contribution in [0.15, 0.2) is 4.52 Å². The van der Waals surface area contributed by atoms with Gasteiger partial charge in [-0.1, -0.05) is 16.5 Å². The highest BCUT2D eigenvalue weighted by molar-refractivity contribution is 7.15. The van der Waals surface area contributed by atoms with Gasteiger partial charge in [0.25, 0.3) is 0 Å². The molecule has 0 saturated carbocycles. The Bertz CT molecular complexity index is 846. The van der Waals surface area contributed by atoms with Gasteiger partial charge in [0.05, 0.1) is 24.4 Å². The Kier molecular flexibility index (Phi) is 5.23. The molecule has 27 heavy (non-hydrogen) atoms. The van der Waals surface area contributed by atoms with Gasteiger partial charge in [0, 0.05) is 23.4 Å². The first-order valence-electron chi connectivity index (χ1n) is 8.80. The first-order valence-corrected chi connectivity index (χ1v) is 9.62. The number of carbonyl (C=O) groups is 2. The van der Waals surface area contributed by atoms with Crippen molar-refractivity contribution in [2.24, 2.45) is 0 Å². The van der Waals surface area contributed by atoms with E-state index in [0.29, 0.717) is 36.1 Å². The minimum Gasteiger partial charge on any atom is -0.444 e. The monoisotopic (exact) mass is 392 g/mol. The van der Waals surface area contributed by atoms with Crippen molar-refractivity contribution in [1.29, 1.82) is 0 Å². The molecule has 0 fully saturated rings. The maximum Gasteiger partial charge on any atom is 0.410 e. The smallest absolute Gasteiger partial charge is 0.410 e. The number of aryl methyl sites for hydroxylation is 2. The zero-order valence-corrected chi connectivity index (χ0v) is 17.0. The number of amides is 2. The summed E-state index contributed by atoms with van der Waals surface area (Å²) < 4.78 is 10.5. The van der Waals surface area contributed by atoms with Crippen LogP contribution in [0.25, 0.3) is 0 Å². The zero-order valence-electron chi connectivity index (χ0n) is 16.2. The molecule has 0 aliphatic carbocycles. The molecule has 146 valence electrons. The van der Waals surface area contributed by atoms with Crippen molar-refractivity contribution < 1.29 is 18.8 Å². The van der Waals surface area contributed by atoms with E-state index in [9.17, 15) is 9.59 Å². The van der Waals surface area contributed by atoms with Gasteiger partial charge >= 0.3 is 6.09 Å². The number of hydrogen-bond donors (Lipinski definition) is 1. The van der Waals surface area contributed by atoms with Crippen LogP contribution in [0.3, 0.4) is 0 Å². The molecule has 0 unspecified atom stereocenters. The molecule has 0 saturated heterocycles. The summed E-state index contributed by atoms with van der Waals surface area (Å²) >= 11 is 1.39. The Labute approximate surface area is 161 Å². The van der Waals surface area contributed by atoms with Crippen molar-refractivity contribution in [3.63, 3.8) is 0 Å². The van der Waals surface area contributed by atoms with E-state index in [0.717, 1.165) is 16.1 Å². The predicted octanol–water partition coefficient (Wildman–Crippen LogP) is 3.22. The van der Waals surface area contributed by atoms with Crippen molar-refractivity contribution in [2.45, 2.75) is 59.6 Å². The Hall–Kier alpha value is -2.42. The molecular weight excluding hydrogens is 368 g/mol. The first-order chi connectivity index (χ1) is 12.6. The van der Waals surface area contributed by atoms with Crippen LogP contribution in [0.2, 0.25) is 0 Å². The lowest BCUT2D eigenvalue weighted by Gasteiger charge is -2.29. The van der Waals surface area contributed by atoms with Gasteiger partial charge in [-0.3, -0.25) is 4.79 Å². The fourth-order valence-corrected chi connectivity index (χ4v) is 3.85. The van der Waals surface area contributed by atoms with E-state index < -0.39 is 5.60 Å². The molecule has 3 rings (SSSR count). The van der Waals surface area contributed by atoms with Gasteiger partial charge < -0.3 is 19.5 Å². The lowest BCUT2D eigenvalue weighted by atomic mass is 10.1. The Morgan fingerprint density at radius 3 is 2.70 bits per heavy atom. The molecule has 3 heterocycles. The highest BCUT2D eigenvalue weighted by Crippen LogP contribution is 2.29. The standard InChI is InChI=1S/C18H24N4O4S/c1-10-12(11(2)26-21-10)8-15(23)20-16-19-13-6-7-22(9-14(13)27-16)17(24)25-18(3,4)5/h6-9H2,1-5H3,(H,19,20,23). The van der Waals surface area contributed by atoms with Crippen LogP contribution in [0.5, 0.6) is 0 Å². The second kappa shape index (κ2) is 7.30. The summed E-state index contributed by atoms with van der Waals surface area (Å²) in [6, 6.07) is 0. The molecule has 9 heteroatoms. The van der Waals surface area contributed by atoms with E-state index in [1.807, 2.05) is 27.7 Å². The van der Waals surface area contributed by atoms with Crippen LogP contribution in [0.1, 0.15) is 48.4 Å². The molecule has 0 aromatic carbocycles. The van der Waals surface area contributed by atoms with E-state index in [2.05, 4.69) is 15.5 Å². The van der Waals surface area contributed by atoms with Crippen LogP contribution >= 0.6 is 11.3 Å². The van der Waals surface area contributed by atoms with Gasteiger partial charge in [0.15, 0.2) is 5.13 Å². The fraction of sp³-hybridized carbons (Fsp3) is 0.556. The predicted molar refractivity (Wildman–Crippen MR) is 101 cm³/mol. The number of rotatable bonds is 3. The van der Waals surface area contributed by atoms with Gasteiger partial charge in [-0.2, -0.15) is 0 Å². The van der Waals surface area contributed by atoms with Crippen molar-refractivity contribution in [3.05, 3.63) is 27.6 Å². The van der Waals surface area contributed by atoms with Crippen LogP contribution in [-0.2, 0) is 28.9 Å². The maximum absolute atomic E-state index is 12.3. The molecule has 1 N–H and O–H groups in total. The lowest BCUT2D eigenvalue weighted by molar-refractivity contribution is -0.115. The van der Waals surface area contributed by atoms with Gasteiger partial charge in [-0.15, -0.1) is 0 Å². The minimum absolute atomic E-state index is 0.167. The zero-order chi connectivity index (χ0) is 19.8. The first kappa shape index (κ1) is 19.3. The molecule has 2 amide bonds. The molecule has 8 nitrogen and oxygen atoms in total. The van der Waals surface area contributed by atoms with Crippen LogP contribution in [0.4, 0.5) is 9.93 Å². The van der Waals surface area contributed by atoms with Crippen molar-refractivity contribution in [2.75, 3.05) is 11.9 Å². The average Bonchev–Trinajstić information content (AvgIpc) is 3.09. The number of ether oxygens (including phenoxy) is 1. The molecule has 0 spiro atoms. The second-order valence-electron chi connectivity index (χ2n) is 7.57. The normalized spacial score (nSPS) is 14.0. The summed E-state index contributed by atoms with van der Waals surface area (Å²) in [5.41, 5.74) is 1.91. The molecule has 2 aromatic rings. The van der Waals surface area contributed by atoms with E-state index in [4.69, 9.17) is 9.26 Å². The largest absolute Gasteiger partial charge is 0.444 e. The third-order valence-corrected chi connectivity index (χ3v) is 5.15. The molecule has 0 radical (unpaired) electrons. The van der Waals surface area contributed by atoms with Crippen LogP contribution < -0.4 is 5.32 Å². The summed E-state index contributed by atoms with van der Waals surface area (Å²) in [7, 11) is 0. The number of carbonyl (C=O) groups excluding carboxylic acids is 2. The number of nitrogens with one attached hydrogen (secondary N) is 1. The molecule has 1 aliphatic rings. The number of fused-ring (bicyclic) bond motifs is 1. The Morgan fingerprint density at radius 1 is 1.33 bits per heavy atom. The highest BCUT2D eigenvalue weighted by atomic mass is 32.1. The lowest BCUT2D eigenvalue weighted by Crippen LogP contribution is -2.39. The summed E-state index contributed by atoms with van der Waals surface area (Å²) in [6.45, 7) is 10.1. The number of hydrogen-bond acceptors (Lipinski definition) is 7. The quantitative estimate of drug-likeness (QED) is 0.861. The van der Waals surface area contributed by atoms with Gasteiger partial charge in [-0.25, -0.2) is 9.78 Å². The number of anilines is 1. The number of aromatic nitrogens is 2. The molecule has 1 aliphatic heterocycles. The van der Waals surface area contributed by atoms with Gasteiger partial charge in [0.2, 0.25) is 5.91 Å². The molecule has 0 atom stereocenters. The van der Waals surface area contributed by atoms with Crippen molar-refractivity contribution in [1.82, 2.24) is 15.0 Å². The third-order valence-electron chi connectivity index (χ3n) is 4.15. The second-order valence-corrected chi connectivity index (χ2v) is 8.65. The molecule has 2 aromatic heterocycles. The van der Waals surface area contributed by atoms with E-state index in [1.54, 1.807) is 11.8 Å². The molecular formula is C18H24N4O4S. The van der Waals surface area contributed by atoms with Gasteiger partial charge in [0.1, 0.15) is 11.4 Å². The van der Waals surface area contributed by atoms with Crippen molar-refractivity contribution in [3.8, 4) is 0 Å². The Morgan fingerprint density at radius 2 is 2.07 bits per heavy atom. The highest BCUT2D eigenvalue weighted by Gasteiger charge is 2.28. The fourth-order valence-electron chi connectivity index (χ4n) is 2.81. The molecule has 0 bridgehead atoms. The summed E-state index contributed by atoms with van der Waals surface area (Å²) in [6.07, 6.45) is 0.505.